The minimum atomic E-state index is 0.294. The Morgan fingerprint density at radius 3 is 2.57 bits per heavy atom. The van der Waals surface area contributed by atoms with E-state index in [1.165, 1.54) is 24.0 Å². The van der Waals surface area contributed by atoms with Crippen molar-refractivity contribution in [2.45, 2.75) is 38.5 Å². The molecule has 0 fully saturated rings. The lowest BCUT2D eigenvalue weighted by Crippen LogP contribution is -2.15. The number of nitrogens with two attached hydrogens (primary N) is 1. The van der Waals surface area contributed by atoms with Crippen LogP contribution in [0, 0.1) is 0 Å². The van der Waals surface area contributed by atoms with E-state index in [-0.39, 0.29) is 0 Å². The van der Waals surface area contributed by atoms with Crippen LogP contribution in [-0.4, -0.2) is 13.2 Å². The molecule has 0 aliphatic carbocycles. The molecule has 0 radical (unpaired) electrons. The minimum absolute atomic E-state index is 0.294. The fraction of sp³-hybridized carbons (Fsp3) is 0.400. The lowest BCUT2D eigenvalue weighted by Gasteiger charge is -2.16. The van der Waals surface area contributed by atoms with Gasteiger partial charge in [0.25, 0.3) is 0 Å². The van der Waals surface area contributed by atoms with Gasteiger partial charge in [0.2, 0.25) is 0 Å². The van der Waals surface area contributed by atoms with Crippen molar-refractivity contribution < 1.29 is 4.74 Å². The molecule has 0 amide bonds. The molecule has 0 aliphatic heterocycles. The van der Waals surface area contributed by atoms with Crippen LogP contribution in [0.3, 0.4) is 0 Å². The first-order chi connectivity index (χ1) is 11.2. The maximum Gasteiger partial charge on any atom is 0.119 e. The summed E-state index contributed by atoms with van der Waals surface area (Å²) in [6, 6.07) is 16.3. The van der Waals surface area contributed by atoms with Gasteiger partial charge in [-0.1, -0.05) is 55.6 Å². The lowest BCUT2D eigenvalue weighted by molar-refractivity contribution is 0.306. The zero-order valence-corrected chi connectivity index (χ0v) is 14.6. The highest BCUT2D eigenvalue weighted by atomic mass is 35.5. The second kappa shape index (κ2) is 9.59. The molecule has 0 spiro atoms. The topological polar surface area (TPSA) is 35.2 Å². The van der Waals surface area contributed by atoms with Gasteiger partial charge in [-0.2, -0.15) is 0 Å². The second-order valence-corrected chi connectivity index (χ2v) is 6.33. The van der Waals surface area contributed by atoms with Crippen molar-refractivity contribution >= 4 is 11.6 Å². The van der Waals surface area contributed by atoms with Crippen LogP contribution in [-0.2, 0) is 6.42 Å². The van der Waals surface area contributed by atoms with Gasteiger partial charge < -0.3 is 10.5 Å². The molecule has 0 aliphatic rings. The van der Waals surface area contributed by atoms with Gasteiger partial charge in [0.05, 0.1) is 6.61 Å². The van der Waals surface area contributed by atoms with Crippen LogP contribution in [0.1, 0.15) is 43.2 Å². The summed E-state index contributed by atoms with van der Waals surface area (Å²) in [6.45, 7) is 3.60. The van der Waals surface area contributed by atoms with Crippen molar-refractivity contribution in [2.75, 3.05) is 13.2 Å². The smallest absolute Gasteiger partial charge is 0.119 e. The Morgan fingerprint density at radius 2 is 1.87 bits per heavy atom. The maximum atomic E-state index is 5.98. The molecule has 0 saturated carbocycles. The molecule has 1 atom stereocenters. The summed E-state index contributed by atoms with van der Waals surface area (Å²) in [5.74, 6) is 1.24. The Morgan fingerprint density at radius 1 is 1.09 bits per heavy atom. The minimum Gasteiger partial charge on any atom is -0.494 e. The van der Waals surface area contributed by atoms with E-state index < -0.39 is 0 Å². The number of ether oxygens (including phenoxy) is 1. The van der Waals surface area contributed by atoms with Crippen molar-refractivity contribution in [3.63, 3.8) is 0 Å². The molecule has 124 valence electrons. The molecule has 1 unspecified atom stereocenters. The average Bonchev–Trinajstić information content (AvgIpc) is 2.58. The Kier molecular flexibility index (Phi) is 7.44. The van der Waals surface area contributed by atoms with Gasteiger partial charge in [-0.15, -0.1) is 0 Å². The molecule has 0 bridgehead atoms. The van der Waals surface area contributed by atoms with E-state index in [0.717, 1.165) is 30.2 Å². The predicted molar refractivity (Wildman–Crippen MR) is 98.4 cm³/mol. The van der Waals surface area contributed by atoms with Gasteiger partial charge >= 0.3 is 0 Å². The van der Waals surface area contributed by atoms with Gasteiger partial charge in [0.1, 0.15) is 5.75 Å². The fourth-order valence-corrected chi connectivity index (χ4v) is 2.79. The van der Waals surface area contributed by atoms with Crippen LogP contribution in [0.15, 0.2) is 48.5 Å². The Hall–Kier alpha value is -1.51. The van der Waals surface area contributed by atoms with Crippen molar-refractivity contribution in [2.24, 2.45) is 5.73 Å². The van der Waals surface area contributed by atoms with Gasteiger partial charge in [0, 0.05) is 10.9 Å². The quantitative estimate of drug-likeness (QED) is 0.641. The third-order valence-corrected chi connectivity index (χ3v) is 4.28. The number of benzene rings is 2. The summed E-state index contributed by atoms with van der Waals surface area (Å²) >= 11 is 5.96. The number of hydrogen-bond donors (Lipinski definition) is 1. The largest absolute Gasteiger partial charge is 0.494 e. The fourth-order valence-electron chi connectivity index (χ4n) is 2.66. The summed E-state index contributed by atoms with van der Waals surface area (Å²) in [4.78, 5) is 0. The summed E-state index contributed by atoms with van der Waals surface area (Å²) < 4.78 is 5.84. The second-order valence-electron chi connectivity index (χ2n) is 5.89. The Balaban J connectivity index is 1.98. The van der Waals surface area contributed by atoms with E-state index in [4.69, 9.17) is 22.1 Å². The number of unbranched alkanes of at least 4 members (excludes halogenated alkanes) is 2. The van der Waals surface area contributed by atoms with Crippen LogP contribution in [0.25, 0.3) is 0 Å². The third kappa shape index (κ3) is 5.89. The van der Waals surface area contributed by atoms with E-state index >= 15 is 0 Å². The first-order valence-corrected chi connectivity index (χ1v) is 8.78. The third-order valence-electron chi connectivity index (χ3n) is 4.02. The highest BCUT2D eigenvalue weighted by Crippen LogP contribution is 2.24. The maximum absolute atomic E-state index is 5.98. The molecule has 3 heteroatoms. The SMILES string of the molecule is CCCCCOc1cccc(CC(CN)c2ccc(Cl)cc2)c1. The molecular formula is C20H26ClNO. The van der Waals surface area contributed by atoms with Crippen LogP contribution in [0.2, 0.25) is 5.02 Å². The highest BCUT2D eigenvalue weighted by Gasteiger charge is 2.11. The van der Waals surface area contributed by atoms with Crippen LogP contribution in [0.5, 0.6) is 5.75 Å². The molecule has 0 heterocycles. The molecule has 2 aromatic rings. The monoisotopic (exact) mass is 331 g/mol. The molecule has 2 rings (SSSR count). The van der Waals surface area contributed by atoms with Gasteiger partial charge in [-0.25, -0.2) is 0 Å². The van der Waals surface area contributed by atoms with E-state index in [1.807, 2.05) is 18.2 Å². The molecule has 0 aromatic heterocycles. The number of halogens is 1. The molecule has 2 aromatic carbocycles. The van der Waals surface area contributed by atoms with Crippen LogP contribution >= 0.6 is 11.6 Å². The zero-order chi connectivity index (χ0) is 16.5. The summed E-state index contributed by atoms with van der Waals surface area (Å²) in [5.41, 5.74) is 8.46. The van der Waals surface area contributed by atoms with E-state index in [2.05, 4.69) is 37.3 Å². The Labute approximate surface area is 144 Å². The van der Waals surface area contributed by atoms with Gasteiger partial charge in [-0.05, 0) is 54.8 Å². The normalized spacial score (nSPS) is 12.1. The first kappa shape index (κ1) is 17.8. The summed E-state index contributed by atoms with van der Waals surface area (Å²) in [7, 11) is 0. The van der Waals surface area contributed by atoms with Crippen molar-refractivity contribution in [1.29, 1.82) is 0 Å². The molecule has 2 nitrogen and oxygen atoms in total. The van der Waals surface area contributed by atoms with Crippen LogP contribution < -0.4 is 10.5 Å². The lowest BCUT2D eigenvalue weighted by atomic mass is 9.92. The first-order valence-electron chi connectivity index (χ1n) is 8.40. The van der Waals surface area contributed by atoms with Crippen molar-refractivity contribution in [3.05, 3.63) is 64.7 Å². The van der Waals surface area contributed by atoms with E-state index in [0.29, 0.717) is 12.5 Å². The molecule has 2 N–H and O–H groups in total. The summed E-state index contributed by atoms with van der Waals surface area (Å²) in [6.07, 6.45) is 4.44. The molecular weight excluding hydrogens is 306 g/mol. The van der Waals surface area contributed by atoms with Gasteiger partial charge in [0.15, 0.2) is 0 Å². The predicted octanol–water partition coefficient (Wildman–Crippen LogP) is 5.19. The summed E-state index contributed by atoms with van der Waals surface area (Å²) in [5, 5.41) is 0.756. The molecule has 0 saturated heterocycles. The van der Waals surface area contributed by atoms with Gasteiger partial charge in [-0.3, -0.25) is 0 Å². The van der Waals surface area contributed by atoms with E-state index in [9.17, 15) is 0 Å². The number of hydrogen-bond acceptors (Lipinski definition) is 2. The van der Waals surface area contributed by atoms with Crippen molar-refractivity contribution in [3.8, 4) is 5.75 Å². The highest BCUT2D eigenvalue weighted by molar-refractivity contribution is 6.30. The van der Waals surface area contributed by atoms with Crippen molar-refractivity contribution in [1.82, 2.24) is 0 Å². The average molecular weight is 332 g/mol. The van der Waals surface area contributed by atoms with Crippen LogP contribution in [0.4, 0.5) is 0 Å². The standard InChI is InChI=1S/C20H26ClNO/c1-2-3-4-12-23-20-7-5-6-16(14-20)13-18(15-22)17-8-10-19(21)11-9-17/h5-11,14,18H,2-4,12-13,15,22H2,1H3. The van der Waals surface area contributed by atoms with E-state index in [1.54, 1.807) is 0 Å². The Bertz CT molecular complexity index is 582. The molecule has 23 heavy (non-hydrogen) atoms. The zero-order valence-electron chi connectivity index (χ0n) is 13.8. The number of rotatable bonds is 9.